The van der Waals surface area contributed by atoms with E-state index in [-0.39, 0.29) is 5.56 Å². The second-order valence-corrected chi connectivity index (χ2v) is 5.75. The van der Waals surface area contributed by atoms with Crippen LogP contribution in [0.4, 0.5) is 0 Å². The van der Waals surface area contributed by atoms with Crippen molar-refractivity contribution in [3.8, 4) is 0 Å². The molecule has 0 aliphatic carbocycles. The fourth-order valence-electron chi connectivity index (χ4n) is 2.72. The van der Waals surface area contributed by atoms with Gasteiger partial charge < -0.3 is 4.57 Å². The van der Waals surface area contributed by atoms with Gasteiger partial charge in [-0.15, -0.1) is 0 Å². The number of allylic oxidation sites excluding steroid dienone is 1. The number of aromatic nitrogens is 1. The Morgan fingerprint density at radius 3 is 2.41 bits per heavy atom. The van der Waals surface area contributed by atoms with E-state index in [1.807, 2.05) is 66.9 Å². The van der Waals surface area contributed by atoms with E-state index in [2.05, 4.69) is 12.1 Å². The number of hydrogen-bond donors (Lipinski definition) is 0. The molecule has 0 spiro atoms. The van der Waals surface area contributed by atoms with E-state index >= 15 is 0 Å². The van der Waals surface area contributed by atoms with Gasteiger partial charge in [-0.05, 0) is 31.0 Å². The first-order chi connectivity index (χ1) is 10.6. The normalized spacial score (nSPS) is 10.6. The topological polar surface area (TPSA) is 22.0 Å². The number of pyridine rings is 1. The van der Waals surface area contributed by atoms with Crippen LogP contribution in [0.1, 0.15) is 25.0 Å². The van der Waals surface area contributed by atoms with Crippen molar-refractivity contribution in [1.82, 2.24) is 4.57 Å². The lowest BCUT2D eigenvalue weighted by Crippen LogP contribution is -2.20. The molecule has 2 heteroatoms. The summed E-state index contributed by atoms with van der Waals surface area (Å²) in [7, 11) is 0. The molecule has 0 saturated heterocycles. The van der Waals surface area contributed by atoms with Gasteiger partial charge in [0.05, 0.1) is 12.1 Å². The molecule has 0 unspecified atom stereocenters. The van der Waals surface area contributed by atoms with Crippen LogP contribution in [0.2, 0.25) is 0 Å². The quantitative estimate of drug-likeness (QED) is 0.697. The molecule has 0 aliphatic rings. The summed E-state index contributed by atoms with van der Waals surface area (Å²) in [5, 5.41) is 1.11. The van der Waals surface area contributed by atoms with E-state index < -0.39 is 0 Å². The zero-order valence-electron chi connectivity index (χ0n) is 12.9. The highest BCUT2D eigenvalue weighted by Gasteiger charge is 2.07. The van der Waals surface area contributed by atoms with Gasteiger partial charge in [0.25, 0.3) is 5.56 Å². The summed E-state index contributed by atoms with van der Waals surface area (Å²) in [5.74, 6) is 0. The van der Waals surface area contributed by atoms with Crippen LogP contribution >= 0.6 is 0 Å². The average Bonchev–Trinajstić information content (AvgIpc) is 2.52. The third kappa shape index (κ3) is 2.86. The Labute approximate surface area is 130 Å². The third-order valence-corrected chi connectivity index (χ3v) is 3.68. The number of rotatable bonds is 3. The van der Waals surface area contributed by atoms with Crippen LogP contribution in [-0.4, -0.2) is 4.57 Å². The van der Waals surface area contributed by atoms with Gasteiger partial charge in [-0.25, -0.2) is 0 Å². The Bertz CT molecular complexity index is 884. The molecule has 0 radical (unpaired) electrons. The van der Waals surface area contributed by atoms with E-state index in [9.17, 15) is 4.79 Å². The second kappa shape index (κ2) is 6.02. The van der Waals surface area contributed by atoms with Crippen LogP contribution in [0.5, 0.6) is 0 Å². The average molecular weight is 289 g/mol. The Balaban J connectivity index is 2.22. The molecule has 2 nitrogen and oxygen atoms in total. The van der Waals surface area contributed by atoms with Crippen molar-refractivity contribution in [2.24, 2.45) is 0 Å². The monoisotopic (exact) mass is 289 g/mol. The first kappa shape index (κ1) is 14.3. The van der Waals surface area contributed by atoms with Crippen molar-refractivity contribution >= 4 is 17.0 Å². The Hall–Kier alpha value is -2.61. The van der Waals surface area contributed by atoms with E-state index in [1.54, 1.807) is 6.07 Å². The molecule has 0 aliphatic heterocycles. The number of fused-ring (bicyclic) bond motifs is 1. The van der Waals surface area contributed by atoms with Crippen molar-refractivity contribution in [3.63, 3.8) is 0 Å². The predicted molar refractivity (Wildman–Crippen MR) is 93.1 cm³/mol. The molecule has 3 rings (SSSR count). The zero-order chi connectivity index (χ0) is 15.5. The first-order valence-electron chi connectivity index (χ1n) is 7.46. The highest BCUT2D eigenvalue weighted by molar-refractivity contribution is 5.88. The van der Waals surface area contributed by atoms with Gasteiger partial charge in [0.15, 0.2) is 0 Å². The molecule has 0 fully saturated rings. The lowest BCUT2D eigenvalue weighted by Gasteiger charge is -2.12. The number of hydrogen-bond acceptors (Lipinski definition) is 1. The minimum Gasteiger partial charge on any atom is -0.304 e. The van der Waals surface area contributed by atoms with Gasteiger partial charge in [0.1, 0.15) is 0 Å². The largest absolute Gasteiger partial charge is 0.304 e. The third-order valence-electron chi connectivity index (χ3n) is 3.68. The van der Waals surface area contributed by atoms with Gasteiger partial charge in [-0.2, -0.15) is 0 Å². The number of para-hydroxylation sites is 1. The van der Waals surface area contributed by atoms with Gasteiger partial charge in [-0.3, -0.25) is 4.79 Å². The summed E-state index contributed by atoms with van der Waals surface area (Å²) in [6.07, 6.45) is 2.07. The molecular weight excluding hydrogens is 270 g/mol. The van der Waals surface area contributed by atoms with Crippen molar-refractivity contribution in [2.45, 2.75) is 20.4 Å². The molecule has 110 valence electrons. The smallest absolute Gasteiger partial charge is 0.251 e. The maximum atomic E-state index is 12.6. The summed E-state index contributed by atoms with van der Waals surface area (Å²) in [6.45, 7) is 4.68. The Morgan fingerprint density at radius 2 is 1.68 bits per heavy atom. The van der Waals surface area contributed by atoms with E-state index in [0.717, 1.165) is 22.0 Å². The zero-order valence-corrected chi connectivity index (χ0v) is 12.9. The summed E-state index contributed by atoms with van der Waals surface area (Å²) in [4.78, 5) is 12.6. The van der Waals surface area contributed by atoms with Gasteiger partial charge in [0.2, 0.25) is 0 Å². The Morgan fingerprint density at radius 1 is 1.00 bits per heavy atom. The van der Waals surface area contributed by atoms with Gasteiger partial charge >= 0.3 is 0 Å². The lowest BCUT2D eigenvalue weighted by atomic mass is 10.1. The number of nitrogens with zero attached hydrogens (tertiary/aromatic N) is 1. The van der Waals surface area contributed by atoms with E-state index in [0.29, 0.717) is 6.54 Å². The molecule has 0 bridgehead atoms. The minimum atomic E-state index is 0.0371. The summed E-state index contributed by atoms with van der Waals surface area (Å²) < 4.78 is 1.84. The molecule has 22 heavy (non-hydrogen) atoms. The van der Waals surface area contributed by atoms with Crippen LogP contribution in [-0.2, 0) is 6.54 Å². The maximum absolute atomic E-state index is 12.6. The SMILES string of the molecule is CC(C)=Cc1cc(=O)n(Cc2ccccc2)c2ccccc12. The van der Waals surface area contributed by atoms with Crippen LogP contribution in [0.3, 0.4) is 0 Å². The molecule has 0 amide bonds. The van der Waals surface area contributed by atoms with Crippen LogP contribution in [0.15, 0.2) is 71.0 Å². The van der Waals surface area contributed by atoms with Gasteiger partial charge in [-0.1, -0.05) is 60.2 Å². The van der Waals surface area contributed by atoms with Crippen LogP contribution in [0, 0.1) is 0 Å². The standard InChI is InChI=1S/C20H19NO/c1-15(2)12-17-13-20(22)21(14-16-8-4-3-5-9-16)19-11-7-6-10-18(17)19/h3-13H,14H2,1-2H3. The molecule has 2 aromatic carbocycles. The molecule has 1 aromatic heterocycles. The Kier molecular flexibility index (Phi) is 3.92. The van der Waals surface area contributed by atoms with Gasteiger partial charge in [0, 0.05) is 11.5 Å². The van der Waals surface area contributed by atoms with Crippen molar-refractivity contribution in [1.29, 1.82) is 0 Å². The molecule has 0 N–H and O–H groups in total. The number of benzene rings is 2. The van der Waals surface area contributed by atoms with Crippen LogP contribution in [0.25, 0.3) is 17.0 Å². The molecule has 1 heterocycles. The van der Waals surface area contributed by atoms with Crippen molar-refractivity contribution in [2.75, 3.05) is 0 Å². The summed E-state index contributed by atoms with van der Waals surface area (Å²) >= 11 is 0. The molecule has 0 atom stereocenters. The maximum Gasteiger partial charge on any atom is 0.251 e. The fraction of sp³-hybridized carbons (Fsp3) is 0.150. The highest BCUT2D eigenvalue weighted by atomic mass is 16.1. The summed E-state index contributed by atoms with van der Waals surface area (Å²) in [5.41, 5.74) is 4.32. The van der Waals surface area contributed by atoms with E-state index in [1.165, 1.54) is 5.57 Å². The van der Waals surface area contributed by atoms with E-state index in [4.69, 9.17) is 0 Å². The summed E-state index contributed by atoms with van der Waals surface area (Å²) in [6, 6.07) is 19.9. The van der Waals surface area contributed by atoms with Crippen molar-refractivity contribution < 1.29 is 0 Å². The molecule has 0 saturated carbocycles. The second-order valence-electron chi connectivity index (χ2n) is 5.75. The fourth-order valence-corrected chi connectivity index (χ4v) is 2.72. The lowest BCUT2D eigenvalue weighted by molar-refractivity contribution is 0.794. The molecule has 3 aromatic rings. The van der Waals surface area contributed by atoms with Crippen LogP contribution < -0.4 is 5.56 Å². The van der Waals surface area contributed by atoms with Crippen molar-refractivity contribution in [3.05, 3.63) is 87.7 Å². The highest BCUT2D eigenvalue weighted by Crippen LogP contribution is 2.20. The first-order valence-corrected chi connectivity index (χ1v) is 7.46. The predicted octanol–water partition coefficient (Wildman–Crippen LogP) is 4.47. The molecular formula is C20H19NO. The minimum absolute atomic E-state index is 0.0371.